The van der Waals surface area contributed by atoms with Gasteiger partial charge in [0.15, 0.2) is 17.3 Å². The highest BCUT2D eigenvalue weighted by molar-refractivity contribution is 6.27. The van der Waals surface area contributed by atoms with Crippen molar-refractivity contribution < 1.29 is 23.9 Å². The molecule has 1 aliphatic rings. The van der Waals surface area contributed by atoms with E-state index in [0.717, 1.165) is 0 Å². The van der Waals surface area contributed by atoms with E-state index >= 15 is 0 Å². The van der Waals surface area contributed by atoms with Crippen molar-refractivity contribution >= 4 is 17.5 Å². The van der Waals surface area contributed by atoms with Crippen molar-refractivity contribution in [3.63, 3.8) is 0 Å². The van der Waals surface area contributed by atoms with E-state index < -0.39 is 5.97 Å². The summed E-state index contributed by atoms with van der Waals surface area (Å²) in [6.07, 6.45) is 5.41. The van der Waals surface area contributed by atoms with Crippen LogP contribution >= 0.6 is 0 Å². The van der Waals surface area contributed by atoms with Gasteiger partial charge in [0.1, 0.15) is 0 Å². The first-order chi connectivity index (χ1) is 12.0. The minimum atomic E-state index is -0.482. The van der Waals surface area contributed by atoms with Crippen LogP contribution in [0.4, 0.5) is 0 Å². The van der Waals surface area contributed by atoms with Gasteiger partial charge in [-0.25, -0.2) is 4.79 Å². The number of carbonyl (C=O) groups excluding carboxylic acids is 3. The summed E-state index contributed by atoms with van der Waals surface area (Å²) in [5.41, 5.74) is 0.844. The van der Waals surface area contributed by atoms with Gasteiger partial charge in [-0.2, -0.15) is 0 Å². The third kappa shape index (κ3) is 6.59. The Morgan fingerprint density at radius 2 is 1.72 bits per heavy atom. The normalized spacial score (nSPS) is 12.4. The van der Waals surface area contributed by atoms with Gasteiger partial charge in [-0.15, -0.1) is 0 Å². The van der Waals surface area contributed by atoms with Crippen LogP contribution in [-0.2, 0) is 19.1 Å². The molecule has 0 fully saturated rings. The van der Waals surface area contributed by atoms with Crippen molar-refractivity contribution in [2.75, 3.05) is 13.2 Å². The number of hydrogen-bond donors (Lipinski definition) is 0. The van der Waals surface area contributed by atoms with Crippen LogP contribution in [0.5, 0.6) is 0 Å². The van der Waals surface area contributed by atoms with Gasteiger partial charge in [0.2, 0.25) is 0 Å². The van der Waals surface area contributed by atoms with Gasteiger partial charge in [-0.3, -0.25) is 9.59 Å². The second-order valence-corrected chi connectivity index (χ2v) is 4.91. The Labute approximate surface area is 147 Å². The Bertz CT molecular complexity index is 667. The lowest BCUT2D eigenvalue weighted by molar-refractivity contribution is -0.142. The molecule has 1 aromatic carbocycles. The molecule has 1 aromatic rings. The zero-order chi connectivity index (χ0) is 18.7. The van der Waals surface area contributed by atoms with Crippen LogP contribution in [-0.4, -0.2) is 30.7 Å². The molecule has 0 aromatic heterocycles. The van der Waals surface area contributed by atoms with E-state index in [2.05, 4.69) is 11.3 Å². The van der Waals surface area contributed by atoms with Crippen molar-refractivity contribution in [1.29, 1.82) is 0 Å². The molecule has 0 spiro atoms. The fraction of sp³-hybridized carbons (Fsp3) is 0.250. The summed E-state index contributed by atoms with van der Waals surface area (Å²) in [5.74, 6) is -0.704. The summed E-state index contributed by atoms with van der Waals surface area (Å²) < 4.78 is 9.38. The van der Waals surface area contributed by atoms with E-state index in [-0.39, 0.29) is 22.9 Å². The predicted octanol–water partition coefficient (Wildman–Crippen LogP) is 3.42. The Morgan fingerprint density at radius 3 is 2.28 bits per heavy atom. The molecule has 1 aliphatic carbocycles. The van der Waals surface area contributed by atoms with Crippen LogP contribution in [0.1, 0.15) is 30.6 Å². The average molecular weight is 342 g/mol. The number of esters is 1. The highest BCUT2D eigenvalue weighted by atomic mass is 16.6. The lowest BCUT2D eigenvalue weighted by atomic mass is 9.95. The van der Waals surface area contributed by atoms with Gasteiger partial charge in [0.05, 0.1) is 18.8 Å². The van der Waals surface area contributed by atoms with Crippen molar-refractivity contribution in [3.8, 4) is 0 Å². The monoisotopic (exact) mass is 342 g/mol. The molecule has 0 N–H and O–H groups in total. The van der Waals surface area contributed by atoms with Gasteiger partial charge < -0.3 is 9.47 Å². The highest BCUT2D eigenvalue weighted by Crippen LogP contribution is 2.14. The van der Waals surface area contributed by atoms with Gasteiger partial charge in [-0.05, 0) is 26.5 Å². The number of allylic oxidation sites excluding steroid dienone is 4. The first-order valence-electron chi connectivity index (χ1n) is 7.99. The summed E-state index contributed by atoms with van der Waals surface area (Å²) in [4.78, 5) is 34.0. The summed E-state index contributed by atoms with van der Waals surface area (Å²) >= 11 is 0. The molecule has 132 valence electrons. The van der Waals surface area contributed by atoms with Crippen molar-refractivity contribution in [2.45, 2.75) is 20.3 Å². The summed E-state index contributed by atoms with van der Waals surface area (Å²) in [5, 5.41) is 0. The van der Waals surface area contributed by atoms with E-state index in [1.165, 1.54) is 0 Å². The van der Waals surface area contributed by atoms with Crippen molar-refractivity contribution in [2.24, 2.45) is 0 Å². The lowest BCUT2D eigenvalue weighted by Crippen LogP contribution is -2.14. The number of ketones is 2. The first kappa shape index (κ1) is 20.1. The third-order valence-corrected chi connectivity index (χ3v) is 3.10. The van der Waals surface area contributed by atoms with E-state index in [1.807, 2.05) is 6.07 Å². The lowest BCUT2D eigenvalue weighted by Gasteiger charge is -2.06. The third-order valence-electron chi connectivity index (χ3n) is 3.10. The maximum atomic E-state index is 11.9. The molecule has 0 bridgehead atoms. The van der Waals surface area contributed by atoms with E-state index in [1.54, 1.807) is 56.3 Å². The molecule has 25 heavy (non-hydrogen) atoms. The molecule has 5 nitrogen and oxygen atoms in total. The molecule has 0 radical (unpaired) electrons. The Kier molecular flexibility index (Phi) is 8.65. The second kappa shape index (κ2) is 10.8. The van der Waals surface area contributed by atoms with Crippen LogP contribution in [0.2, 0.25) is 0 Å². The second-order valence-electron chi connectivity index (χ2n) is 4.91. The number of ether oxygens (including phenoxy) is 2. The minimum Gasteiger partial charge on any atom is -0.487 e. The summed E-state index contributed by atoms with van der Waals surface area (Å²) in [7, 11) is 0. The van der Waals surface area contributed by atoms with Gasteiger partial charge in [0.25, 0.3) is 0 Å². The number of Topliss-reactive ketones (excluding diaryl/α,β-unsaturated/α-hetero) is 2. The van der Waals surface area contributed by atoms with Crippen LogP contribution in [0, 0.1) is 0 Å². The zero-order valence-electron chi connectivity index (χ0n) is 14.5. The maximum Gasteiger partial charge on any atom is 0.372 e. The molecule has 0 heterocycles. The number of carbonyl (C=O) groups is 3. The molecule has 0 atom stereocenters. The summed E-state index contributed by atoms with van der Waals surface area (Å²) in [6.45, 7) is 7.68. The quantitative estimate of drug-likeness (QED) is 0.260. The minimum absolute atomic E-state index is 0.0735. The number of hydrogen-bond acceptors (Lipinski definition) is 5. The van der Waals surface area contributed by atoms with Crippen molar-refractivity contribution in [3.05, 3.63) is 72.0 Å². The number of benzene rings is 1. The van der Waals surface area contributed by atoms with Crippen LogP contribution < -0.4 is 0 Å². The maximum absolute atomic E-state index is 11.9. The first-order valence-corrected chi connectivity index (χ1v) is 7.99. The molecule has 5 heteroatoms. The average Bonchev–Trinajstić information content (AvgIpc) is 2.63. The van der Waals surface area contributed by atoms with Crippen LogP contribution in [0.3, 0.4) is 0 Å². The predicted molar refractivity (Wildman–Crippen MR) is 95.0 cm³/mol. The molecule has 0 unspecified atom stereocenters. The fourth-order valence-electron chi connectivity index (χ4n) is 1.93. The van der Waals surface area contributed by atoms with Gasteiger partial charge >= 0.3 is 5.97 Å². The molecule has 0 saturated carbocycles. The highest BCUT2D eigenvalue weighted by Gasteiger charge is 2.19. The topological polar surface area (TPSA) is 69.7 Å². The smallest absolute Gasteiger partial charge is 0.372 e. The Morgan fingerprint density at radius 1 is 1.08 bits per heavy atom. The van der Waals surface area contributed by atoms with Gasteiger partial charge in [0, 0.05) is 12.0 Å². The van der Waals surface area contributed by atoms with Crippen LogP contribution in [0.25, 0.3) is 0 Å². The van der Waals surface area contributed by atoms with E-state index in [0.29, 0.717) is 25.2 Å². The molecule has 0 amide bonds. The molecule has 0 aliphatic heterocycles. The molecule has 0 saturated heterocycles. The Hall–Kier alpha value is -2.95. The fourth-order valence-corrected chi connectivity index (χ4v) is 1.93. The molecule has 2 rings (SSSR count). The van der Waals surface area contributed by atoms with Crippen LogP contribution in [0.15, 0.2) is 66.5 Å². The van der Waals surface area contributed by atoms with Crippen molar-refractivity contribution in [1.82, 2.24) is 0 Å². The van der Waals surface area contributed by atoms with E-state index in [9.17, 15) is 14.4 Å². The van der Waals surface area contributed by atoms with E-state index in [4.69, 9.17) is 4.74 Å². The number of rotatable bonds is 6. The largest absolute Gasteiger partial charge is 0.487 e. The zero-order valence-corrected chi connectivity index (χ0v) is 14.5. The SMILES string of the molecule is C=C(OCC)C(=O)OCC.O=C1CC=CC=C1C(=O)c1ccccc1. The molecular weight excluding hydrogens is 320 g/mol. The Balaban J connectivity index is 0.000000275. The molecular formula is C20H22O5. The summed E-state index contributed by atoms with van der Waals surface area (Å²) in [6, 6.07) is 8.85. The van der Waals surface area contributed by atoms with Gasteiger partial charge in [-0.1, -0.05) is 42.5 Å². The standard InChI is InChI=1S/C13H10O2.C7H12O3/c14-12-9-5-4-8-11(12)13(15)10-6-2-1-3-7-10;1-4-9-6(3)7(8)10-5-2/h1-8H,9H2;3-5H2,1-2H3.